The number of allylic oxidation sites excluding steroid dienone is 1. The first-order valence-corrected chi connectivity index (χ1v) is 7.09. The van der Waals surface area contributed by atoms with Crippen LogP contribution in [0, 0.1) is 0 Å². The van der Waals surface area contributed by atoms with E-state index in [1.807, 2.05) is 72.4 Å². The van der Waals surface area contributed by atoms with Gasteiger partial charge in [-0.15, -0.1) is 0 Å². The molecule has 1 aromatic heterocycles. The zero-order valence-electron chi connectivity index (χ0n) is 12.8. The number of carbonyl (C=O) groups is 1. The lowest BCUT2D eigenvalue weighted by atomic mass is 10.1. The molecule has 0 N–H and O–H groups in total. The summed E-state index contributed by atoms with van der Waals surface area (Å²) in [7, 11) is 4.00. The van der Waals surface area contributed by atoms with Crippen LogP contribution in [0.5, 0.6) is 0 Å². The van der Waals surface area contributed by atoms with Crippen LogP contribution in [-0.2, 0) is 6.42 Å². The van der Waals surface area contributed by atoms with E-state index in [0.717, 1.165) is 12.1 Å². The summed E-state index contributed by atoms with van der Waals surface area (Å²) in [5.41, 5.74) is 3.08. The van der Waals surface area contributed by atoms with Gasteiger partial charge in [0, 0.05) is 37.5 Å². The van der Waals surface area contributed by atoms with Gasteiger partial charge in [-0.05, 0) is 12.0 Å². The molecule has 0 saturated carbocycles. The molecule has 0 saturated heterocycles. The fourth-order valence-electron chi connectivity index (χ4n) is 1.98. The van der Waals surface area contributed by atoms with Crippen LogP contribution in [0.25, 0.3) is 6.20 Å². The molecule has 0 aliphatic heterocycles. The molecule has 21 heavy (non-hydrogen) atoms. The lowest BCUT2D eigenvalue weighted by Crippen LogP contribution is -2.25. The minimum atomic E-state index is 0.0156. The average Bonchev–Trinajstić information content (AvgIpc) is 2.53. The number of ketones is 1. The monoisotopic (exact) mass is 281 g/mol. The number of nitrogens with zero attached hydrogens (tertiary/aromatic N) is 2. The maximum absolute atomic E-state index is 12.1. The molecule has 1 aromatic carbocycles. The number of carbonyl (C=O) groups excluding carboxylic acids is 1. The molecule has 2 rings (SSSR count). The molecule has 0 spiro atoms. The lowest BCUT2D eigenvalue weighted by Gasteiger charge is -2.09. The molecule has 0 fully saturated rings. The highest BCUT2D eigenvalue weighted by molar-refractivity contribution is 6.05. The summed E-state index contributed by atoms with van der Waals surface area (Å²) in [6, 6.07) is 11.8. The predicted molar refractivity (Wildman–Crippen MR) is 86.4 cm³/mol. The van der Waals surface area contributed by atoms with Gasteiger partial charge in [0.25, 0.3) is 0 Å². The van der Waals surface area contributed by atoms with Crippen molar-refractivity contribution >= 4 is 17.7 Å². The topological polar surface area (TPSA) is 24.2 Å². The van der Waals surface area contributed by atoms with Crippen molar-refractivity contribution in [2.45, 2.75) is 13.3 Å². The Kier molecular flexibility index (Phi) is 4.88. The molecule has 0 amide bonds. The van der Waals surface area contributed by atoms with E-state index < -0.39 is 0 Å². The molecule has 0 aliphatic carbocycles. The maximum atomic E-state index is 12.1. The highest BCUT2D eigenvalue weighted by Gasteiger charge is 2.04. The van der Waals surface area contributed by atoms with Crippen LogP contribution >= 0.6 is 0 Å². The first-order valence-electron chi connectivity index (χ1n) is 7.09. The largest absolute Gasteiger partial charge is 0.377 e. The van der Waals surface area contributed by atoms with Crippen molar-refractivity contribution in [2.75, 3.05) is 19.0 Å². The van der Waals surface area contributed by atoms with E-state index in [2.05, 4.69) is 6.92 Å². The quantitative estimate of drug-likeness (QED) is 0.478. The Morgan fingerprint density at radius 3 is 2.24 bits per heavy atom. The summed E-state index contributed by atoms with van der Waals surface area (Å²) in [6.07, 6.45) is 8.21. The molecule has 0 aliphatic rings. The van der Waals surface area contributed by atoms with Crippen LogP contribution in [0.4, 0.5) is 5.69 Å². The van der Waals surface area contributed by atoms with Crippen molar-refractivity contribution in [1.82, 2.24) is 0 Å². The van der Waals surface area contributed by atoms with Crippen molar-refractivity contribution in [3.63, 3.8) is 0 Å². The van der Waals surface area contributed by atoms with E-state index in [4.69, 9.17) is 0 Å². The van der Waals surface area contributed by atoms with Gasteiger partial charge in [0.2, 0.25) is 0 Å². The summed E-state index contributed by atoms with van der Waals surface area (Å²) in [5, 5.41) is 0. The second-order valence-corrected chi connectivity index (χ2v) is 5.13. The number of pyridine rings is 1. The summed E-state index contributed by atoms with van der Waals surface area (Å²) in [5.74, 6) is 0.0156. The number of anilines is 1. The van der Waals surface area contributed by atoms with Gasteiger partial charge in [-0.25, -0.2) is 0 Å². The normalized spacial score (nSPS) is 10.8. The summed E-state index contributed by atoms with van der Waals surface area (Å²) in [4.78, 5) is 14.1. The zero-order valence-corrected chi connectivity index (χ0v) is 12.8. The Hall–Kier alpha value is -2.42. The molecule has 3 nitrogen and oxygen atoms in total. The fraction of sp³-hybridized carbons (Fsp3) is 0.222. The highest BCUT2D eigenvalue weighted by Crippen LogP contribution is 2.07. The molecular weight excluding hydrogens is 260 g/mol. The van der Waals surface area contributed by atoms with Crippen molar-refractivity contribution in [2.24, 2.45) is 0 Å². The van der Waals surface area contributed by atoms with Gasteiger partial charge in [-0.2, -0.15) is 4.57 Å². The Labute approximate surface area is 126 Å². The van der Waals surface area contributed by atoms with Gasteiger partial charge < -0.3 is 4.90 Å². The second-order valence-electron chi connectivity index (χ2n) is 5.13. The number of benzene rings is 1. The van der Waals surface area contributed by atoms with Crippen molar-refractivity contribution < 1.29 is 9.36 Å². The Balaban J connectivity index is 2.07. The number of aromatic nitrogens is 1. The van der Waals surface area contributed by atoms with Gasteiger partial charge in [0.05, 0.1) is 6.08 Å². The van der Waals surface area contributed by atoms with Crippen LogP contribution < -0.4 is 9.47 Å². The average molecular weight is 281 g/mol. The van der Waals surface area contributed by atoms with Crippen LogP contribution in [0.3, 0.4) is 0 Å². The molecule has 108 valence electrons. The van der Waals surface area contributed by atoms with E-state index in [1.54, 1.807) is 12.3 Å². The molecule has 3 heteroatoms. The summed E-state index contributed by atoms with van der Waals surface area (Å²) in [6.45, 7) is 2.10. The van der Waals surface area contributed by atoms with E-state index in [0.29, 0.717) is 5.56 Å². The predicted octanol–water partition coefficient (Wildman–Crippen LogP) is 2.96. The van der Waals surface area contributed by atoms with E-state index >= 15 is 0 Å². The lowest BCUT2D eigenvalue weighted by molar-refractivity contribution is -0.568. The fourth-order valence-corrected chi connectivity index (χ4v) is 1.98. The molecule has 0 unspecified atom stereocenters. The second kappa shape index (κ2) is 6.84. The third-order valence-electron chi connectivity index (χ3n) is 3.40. The third-order valence-corrected chi connectivity index (χ3v) is 3.40. The number of hydrogen-bond acceptors (Lipinski definition) is 2. The molecule has 0 atom stereocenters. The molecule has 0 bridgehead atoms. The van der Waals surface area contributed by atoms with E-state index in [1.165, 1.54) is 5.56 Å². The van der Waals surface area contributed by atoms with Gasteiger partial charge >= 0.3 is 0 Å². The molecule has 0 radical (unpaired) electrons. The molecule has 2 aromatic rings. The summed E-state index contributed by atoms with van der Waals surface area (Å²) >= 11 is 0. The van der Waals surface area contributed by atoms with Crippen molar-refractivity contribution in [3.8, 4) is 0 Å². The number of hydrogen-bond donors (Lipinski definition) is 0. The standard InChI is InChI=1S/C18H21N2O/c1-4-15-5-7-16(8-6-15)18(21)11-14-20-12-9-17(10-13-20)19(2)3/h5-14H,4H2,1-3H3/q+1/b14-11-. The van der Waals surface area contributed by atoms with Crippen LogP contribution in [0.1, 0.15) is 22.8 Å². The van der Waals surface area contributed by atoms with Gasteiger partial charge in [-0.3, -0.25) is 4.79 Å². The Bertz CT molecular complexity index is 625. The van der Waals surface area contributed by atoms with Gasteiger partial charge in [0.15, 0.2) is 24.4 Å². The first kappa shape index (κ1) is 15.0. The van der Waals surface area contributed by atoms with E-state index in [9.17, 15) is 4.79 Å². The Morgan fingerprint density at radius 2 is 1.71 bits per heavy atom. The van der Waals surface area contributed by atoms with Crippen LogP contribution in [0.15, 0.2) is 54.9 Å². The highest BCUT2D eigenvalue weighted by atomic mass is 16.1. The number of rotatable bonds is 5. The summed E-state index contributed by atoms with van der Waals surface area (Å²) < 4.78 is 1.87. The van der Waals surface area contributed by atoms with Gasteiger partial charge in [0.1, 0.15) is 0 Å². The van der Waals surface area contributed by atoms with Crippen molar-refractivity contribution in [3.05, 3.63) is 66.0 Å². The SMILES string of the molecule is CCc1ccc(C(=O)/C=C\[n+]2ccc(N(C)C)cc2)cc1. The molecular formula is C18H21N2O+. The number of aryl methyl sites for hydroxylation is 1. The smallest absolute Gasteiger partial charge is 0.191 e. The molecule has 1 heterocycles. The minimum Gasteiger partial charge on any atom is -0.377 e. The van der Waals surface area contributed by atoms with Crippen LogP contribution in [-0.4, -0.2) is 19.9 Å². The zero-order chi connectivity index (χ0) is 15.2. The van der Waals surface area contributed by atoms with Gasteiger partial charge in [-0.1, -0.05) is 31.2 Å². The van der Waals surface area contributed by atoms with E-state index in [-0.39, 0.29) is 5.78 Å². The maximum Gasteiger partial charge on any atom is 0.191 e. The van der Waals surface area contributed by atoms with Crippen LogP contribution in [0.2, 0.25) is 0 Å². The van der Waals surface area contributed by atoms with Crippen molar-refractivity contribution in [1.29, 1.82) is 0 Å². The first-order chi connectivity index (χ1) is 10.1. The third kappa shape index (κ3) is 4.02. The minimum absolute atomic E-state index is 0.0156. The Morgan fingerprint density at radius 1 is 1.10 bits per heavy atom.